The van der Waals surface area contributed by atoms with Crippen LogP contribution in [0.4, 0.5) is 20.4 Å². The first-order chi connectivity index (χ1) is 33.2. The summed E-state index contributed by atoms with van der Waals surface area (Å²) in [6, 6.07) is 29.8. The van der Waals surface area contributed by atoms with Gasteiger partial charge in [-0.2, -0.15) is 5.10 Å². The standard InChI is InChI=1S/C27H32FN5O.C24H25FN6.C3H8/c1-20(24-9-5-12-27(30-24)34-23-13-15-29-16-14-23)33-18-6-11-26(31-33)32-17-3-2-10-25(32)21-7-4-8-22(28)19-21;1-29(2)23-11-6-9-19(27-23)21-16-26-22-12-13-24(28-31(21)22)30-14-4-3-10-20(30)17-7-5-8-18(25)15-17;1-3-2/h4-9,11-12,19,23,25,29H,1-3,10,13-18H2;5-9,11-13,15-16,20H,3-4,10,14H2,1-2H3;3H2,1-2H3. The minimum atomic E-state index is -0.199. The fourth-order valence-corrected chi connectivity index (χ4v) is 9.18. The number of hydrogen-bond donors (Lipinski definition) is 1. The van der Waals surface area contributed by atoms with Crippen LogP contribution in [0.15, 0.2) is 127 Å². The zero-order valence-corrected chi connectivity index (χ0v) is 39.9. The molecule has 3 saturated heterocycles. The number of likely N-dealkylation sites (tertiary alicyclic amines) is 1. The van der Waals surface area contributed by atoms with Crippen molar-refractivity contribution in [1.82, 2.24) is 39.8 Å². The van der Waals surface area contributed by atoms with E-state index in [-0.39, 0.29) is 29.8 Å². The third-order valence-corrected chi connectivity index (χ3v) is 12.5. The molecule has 4 aromatic heterocycles. The molecular weight excluding hydrogens is 857 g/mol. The largest absolute Gasteiger partial charge is 0.474 e. The Balaban J connectivity index is 0.000000175. The van der Waals surface area contributed by atoms with Crippen LogP contribution in [0.2, 0.25) is 0 Å². The number of anilines is 2. The number of ether oxygens (including phenoxy) is 1. The number of nitrogens with one attached hydrogen (secondary N) is 1. The van der Waals surface area contributed by atoms with Crippen LogP contribution in [0.5, 0.6) is 5.88 Å². The molecule has 10 rings (SSSR count). The van der Waals surface area contributed by atoms with Crippen LogP contribution in [0.1, 0.15) is 101 Å². The lowest BCUT2D eigenvalue weighted by atomic mass is 9.95. The summed E-state index contributed by atoms with van der Waals surface area (Å²) < 4.78 is 35.8. The summed E-state index contributed by atoms with van der Waals surface area (Å²) in [7, 11) is 3.94. The van der Waals surface area contributed by atoms with Gasteiger partial charge in [0.05, 0.1) is 41.9 Å². The number of pyridine rings is 2. The third kappa shape index (κ3) is 11.7. The molecule has 0 spiro atoms. The van der Waals surface area contributed by atoms with Crippen LogP contribution in [0.25, 0.3) is 22.7 Å². The number of hydrogen-bond acceptors (Lipinski definition) is 11. The Bertz CT molecular complexity index is 2680. The molecule has 356 valence electrons. The number of amidine groups is 1. The van der Waals surface area contributed by atoms with Crippen LogP contribution in [-0.2, 0) is 0 Å². The highest BCUT2D eigenvalue weighted by Gasteiger charge is 2.29. The van der Waals surface area contributed by atoms with E-state index in [4.69, 9.17) is 24.9 Å². The van der Waals surface area contributed by atoms with E-state index in [1.165, 1.54) is 18.6 Å². The number of halogens is 2. The molecule has 0 amide bonds. The topological polar surface area (TPSA) is 103 Å². The van der Waals surface area contributed by atoms with Gasteiger partial charge in [-0.3, -0.25) is 5.01 Å². The Morgan fingerprint density at radius 3 is 2.13 bits per heavy atom. The van der Waals surface area contributed by atoms with Gasteiger partial charge in [0, 0.05) is 33.3 Å². The van der Waals surface area contributed by atoms with Crippen molar-refractivity contribution in [1.29, 1.82) is 0 Å². The van der Waals surface area contributed by atoms with Gasteiger partial charge < -0.3 is 24.8 Å². The van der Waals surface area contributed by atoms with Crippen LogP contribution >= 0.6 is 0 Å². The van der Waals surface area contributed by atoms with Gasteiger partial charge in [0.15, 0.2) is 5.65 Å². The number of imidazole rings is 1. The van der Waals surface area contributed by atoms with Crippen LogP contribution in [0.3, 0.4) is 0 Å². The molecule has 4 aliphatic rings. The summed E-state index contributed by atoms with van der Waals surface area (Å²) in [5.41, 5.74) is 5.92. The minimum Gasteiger partial charge on any atom is -0.474 e. The SMILES string of the molecule is C=C(c1cccc(OC2CCNCC2)n1)N1CC=CC(N2CCCCC2c2cccc(F)c2)=N1.CCC.CN(C)c1cccc(-c2cnc3ccc(N4CCCCC4c4cccc(F)c4)nn23)n1. The van der Waals surface area contributed by atoms with E-state index < -0.39 is 0 Å². The van der Waals surface area contributed by atoms with E-state index >= 15 is 0 Å². The van der Waals surface area contributed by atoms with Crippen LogP contribution in [0, 0.1) is 11.6 Å². The third-order valence-electron chi connectivity index (χ3n) is 12.5. The van der Waals surface area contributed by atoms with E-state index in [1.54, 1.807) is 24.3 Å². The maximum absolute atomic E-state index is 13.9. The fraction of sp³-hybridized carbons (Fsp3) is 0.389. The molecule has 4 aliphatic heterocycles. The van der Waals surface area contributed by atoms with Gasteiger partial charge in [-0.25, -0.2) is 28.2 Å². The van der Waals surface area contributed by atoms with Crippen LogP contribution < -0.4 is 19.9 Å². The zero-order chi connectivity index (χ0) is 47.4. The van der Waals surface area contributed by atoms with Gasteiger partial charge in [0.1, 0.15) is 40.9 Å². The predicted molar refractivity (Wildman–Crippen MR) is 270 cm³/mol. The number of benzene rings is 2. The molecule has 2 unspecified atom stereocenters. The molecule has 1 N–H and O–H groups in total. The van der Waals surface area contributed by atoms with Crippen molar-refractivity contribution in [2.45, 2.75) is 89.8 Å². The average Bonchev–Trinajstić information content (AvgIpc) is 3.81. The molecule has 2 atom stereocenters. The van der Waals surface area contributed by atoms with Crippen molar-refractivity contribution in [3.05, 3.63) is 150 Å². The second kappa shape index (κ2) is 22.9. The van der Waals surface area contributed by atoms with Gasteiger partial charge in [-0.15, -0.1) is 5.10 Å². The Kier molecular flexibility index (Phi) is 16.1. The predicted octanol–water partition coefficient (Wildman–Crippen LogP) is 10.9. The van der Waals surface area contributed by atoms with Crippen molar-refractivity contribution in [3.8, 4) is 17.3 Å². The van der Waals surface area contributed by atoms with E-state index in [2.05, 4.69) is 52.7 Å². The highest BCUT2D eigenvalue weighted by molar-refractivity contribution is 5.94. The Labute approximate surface area is 400 Å². The Hall–Kier alpha value is -6.67. The normalized spacial score (nSPS) is 18.5. The van der Waals surface area contributed by atoms with E-state index in [9.17, 15) is 8.78 Å². The molecule has 2 aromatic carbocycles. The van der Waals surface area contributed by atoms with Crippen molar-refractivity contribution >= 4 is 28.8 Å². The number of rotatable bonds is 9. The van der Waals surface area contributed by atoms with Crippen molar-refractivity contribution in [2.24, 2.45) is 5.10 Å². The average molecular weight is 922 g/mol. The van der Waals surface area contributed by atoms with Crippen LogP contribution in [-0.4, -0.2) is 93.2 Å². The highest BCUT2D eigenvalue weighted by Crippen LogP contribution is 2.36. The lowest BCUT2D eigenvalue weighted by Crippen LogP contribution is -2.40. The minimum absolute atomic E-state index is 0.108. The number of hydrazone groups is 1. The summed E-state index contributed by atoms with van der Waals surface area (Å²) in [5.74, 6) is 2.86. The summed E-state index contributed by atoms with van der Waals surface area (Å²) in [6.07, 6.45) is 15.8. The smallest absolute Gasteiger partial charge is 0.214 e. The molecular formula is C54H65F2N11O. The summed E-state index contributed by atoms with van der Waals surface area (Å²) >= 11 is 0. The molecule has 8 heterocycles. The van der Waals surface area contributed by atoms with Crippen molar-refractivity contribution in [3.63, 3.8) is 0 Å². The van der Waals surface area contributed by atoms with E-state index in [0.29, 0.717) is 12.4 Å². The first-order valence-corrected chi connectivity index (χ1v) is 24.3. The second-order valence-electron chi connectivity index (χ2n) is 17.9. The molecule has 0 aliphatic carbocycles. The fourth-order valence-electron chi connectivity index (χ4n) is 9.18. The van der Waals surface area contributed by atoms with Gasteiger partial charge in [-0.05, 0) is 136 Å². The maximum atomic E-state index is 13.9. The van der Waals surface area contributed by atoms with Gasteiger partial charge >= 0.3 is 0 Å². The molecule has 12 nitrogen and oxygen atoms in total. The van der Waals surface area contributed by atoms with E-state index in [1.807, 2.05) is 95.4 Å². The molecule has 0 radical (unpaired) electrons. The molecule has 6 aromatic rings. The number of nitrogens with zero attached hydrogens (tertiary/aromatic N) is 10. The molecule has 3 fully saturated rings. The Morgan fingerprint density at radius 2 is 1.44 bits per heavy atom. The molecule has 14 heteroatoms. The lowest BCUT2D eigenvalue weighted by Gasteiger charge is -2.39. The first-order valence-electron chi connectivity index (χ1n) is 24.3. The summed E-state index contributed by atoms with van der Waals surface area (Å²) in [5, 5.41) is 15.1. The summed E-state index contributed by atoms with van der Waals surface area (Å²) in [4.78, 5) is 20.5. The second-order valence-corrected chi connectivity index (χ2v) is 17.9. The van der Waals surface area contributed by atoms with Gasteiger partial charge in [0.2, 0.25) is 5.88 Å². The number of fused-ring (bicyclic) bond motifs is 1. The zero-order valence-electron chi connectivity index (χ0n) is 39.9. The monoisotopic (exact) mass is 922 g/mol. The molecule has 0 saturated carbocycles. The highest BCUT2D eigenvalue weighted by atomic mass is 19.1. The van der Waals surface area contributed by atoms with Crippen molar-refractivity contribution < 1.29 is 13.5 Å². The number of piperidine rings is 3. The quantitative estimate of drug-likeness (QED) is 0.151. The lowest BCUT2D eigenvalue weighted by molar-refractivity contribution is 0.156. The first kappa shape index (κ1) is 47.8. The Morgan fingerprint density at radius 1 is 0.779 bits per heavy atom. The van der Waals surface area contributed by atoms with Crippen molar-refractivity contribution in [2.75, 3.05) is 56.6 Å². The van der Waals surface area contributed by atoms with E-state index in [0.717, 1.165) is 135 Å². The summed E-state index contributed by atoms with van der Waals surface area (Å²) in [6.45, 7) is 12.9. The molecule has 68 heavy (non-hydrogen) atoms. The van der Waals surface area contributed by atoms with Gasteiger partial charge in [0.25, 0.3) is 0 Å². The maximum Gasteiger partial charge on any atom is 0.214 e. The van der Waals surface area contributed by atoms with Gasteiger partial charge in [-0.1, -0.05) is 69.3 Å². The number of aromatic nitrogens is 5. The molecule has 0 bridgehead atoms.